The van der Waals surface area contributed by atoms with Crippen molar-refractivity contribution in [3.8, 4) is 5.75 Å². The van der Waals surface area contributed by atoms with E-state index in [4.69, 9.17) is 4.74 Å². The lowest BCUT2D eigenvalue weighted by Gasteiger charge is -2.03. The molecule has 0 aliphatic rings. The minimum Gasteiger partial charge on any atom is -0.486 e. The highest BCUT2D eigenvalue weighted by atomic mass is 16.5. The summed E-state index contributed by atoms with van der Waals surface area (Å²) < 4.78 is 9.76. The summed E-state index contributed by atoms with van der Waals surface area (Å²) in [6, 6.07) is 7.77. The van der Waals surface area contributed by atoms with Crippen LogP contribution in [-0.2, 0) is 13.0 Å². The fourth-order valence-corrected chi connectivity index (χ4v) is 1.30. The van der Waals surface area contributed by atoms with Crippen molar-refractivity contribution in [3.63, 3.8) is 0 Å². The van der Waals surface area contributed by atoms with E-state index in [1.165, 1.54) is 5.56 Å². The maximum Gasteiger partial charge on any atom is 0.439 e. The van der Waals surface area contributed by atoms with Gasteiger partial charge in [0.2, 0.25) is 0 Å². The van der Waals surface area contributed by atoms with E-state index < -0.39 is 5.76 Å². The minimum atomic E-state index is -0.570. The molecular formula is C11H12N2O3. The molecule has 0 atom stereocenters. The van der Waals surface area contributed by atoms with Gasteiger partial charge in [-0.25, -0.2) is 4.79 Å². The Morgan fingerprint density at radius 2 is 2.12 bits per heavy atom. The Hall–Kier alpha value is -2.04. The predicted molar refractivity (Wildman–Crippen MR) is 57.3 cm³/mol. The van der Waals surface area contributed by atoms with Crippen LogP contribution in [0.25, 0.3) is 0 Å². The van der Waals surface area contributed by atoms with Gasteiger partial charge in [0.25, 0.3) is 0 Å². The largest absolute Gasteiger partial charge is 0.486 e. The SMILES string of the molecule is CCc1ccc(OCc2noc(=O)[nH]2)cc1. The smallest absolute Gasteiger partial charge is 0.439 e. The van der Waals surface area contributed by atoms with E-state index in [9.17, 15) is 4.79 Å². The standard InChI is InChI=1S/C11H12N2O3/c1-2-8-3-5-9(6-4-8)15-7-10-12-11(14)16-13-10/h3-6H,2,7H2,1H3,(H,12,13,14). The van der Waals surface area contributed by atoms with E-state index in [2.05, 4.69) is 21.6 Å². The van der Waals surface area contributed by atoms with Gasteiger partial charge in [0, 0.05) is 0 Å². The number of hydrogen-bond donors (Lipinski definition) is 1. The van der Waals surface area contributed by atoms with Crippen molar-refractivity contribution in [2.75, 3.05) is 0 Å². The van der Waals surface area contributed by atoms with Crippen molar-refractivity contribution in [2.45, 2.75) is 20.0 Å². The number of hydrogen-bond acceptors (Lipinski definition) is 4. The first-order valence-corrected chi connectivity index (χ1v) is 5.04. The van der Waals surface area contributed by atoms with Gasteiger partial charge < -0.3 is 4.74 Å². The Kier molecular flexibility index (Phi) is 3.05. The van der Waals surface area contributed by atoms with Crippen molar-refractivity contribution in [2.24, 2.45) is 0 Å². The molecule has 1 aromatic heterocycles. The molecule has 0 fully saturated rings. The minimum absolute atomic E-state index is 0.192. The summed E-state index contributed by atoms with van der Waals surface area (Å²) in [4.78, 5) is 13.1. The first-order chi connectivity index (χ1) is 7.78. The number of ether oxygens (including phenoxy) is 1. The summed E-state index contributed by atoms with van der Waals surface area (Å²) in [6.07, 6.45) is 0.997. The average Bonchev–Trinajstić information content (AvgIpc) is 2.73. The summed E-state index contributed by atoms with van der Waals surface area (Å²) in [5, 5.41) is 3.50. The van der Waals surface area contributed by atoms with Crippen LogP contribution in [0.15, 0.2) is 33.6 Å². The van der Waals surface area contributed by atoms with Gasteiger partial charge >= 0.3 is 5.76 Å². The van der Waals surface area contributed by atoms with E-state index >= 15 is 0 Å². The molecule has 0 aliphatic heterocycles. The van der Waals surface area contributed by atoms with Crippen LogP contribution in [-0.4, -0.2) is 10.1 Å². The van der Waals surface area contributed by atoms with Crippen LogP contribution in [0, 0.1) is 0 Å². The first-order valence-electron chi connectivity index (χ1n) is 5.04. The molecule has 0 saturated heterocycles. The van der Waals surface area contributed by atoms with Gasteiger partial charge in [-0.15, -0.1) is 0 Å². The van der Waals surface area contributed by atoms with Gasteiger partial charge in [0.1, 0.15) is 12.4 Å². The molecule has 1 heterocycles. The molecule has 0 amide bonds. The van der Waals surface area contributed by atoms with E-state index in [0.29, 0.717) is 5.82 Å². The third-order valence-corrected chi connectivity index (χ3v) is 2.19. The number of nitrogens with one attached hydrogen (secondary N) is 1. The third kappa shape index (κ3) is 2.50. The van der Waals surface area contributed by atoms with E-state index in [1.54, 1.807) is 0 Å². The maximum absolute atomic E-state index is 10.6. The van der Waals surface area contributed by atoms with Gasteiger partial charge in [-0.2, -0.15) is 0 Å². The Bertz CT molecular complexity index is 498. The molecule has 0 aliphatic carbocycles. The highest BCUT2D eigenvalue weighted by Crippen LogP contribution is 2.13. The monoisotopic (exact) mass is 220 g/mol. The zero-order valence-electron chi connectivity index (χ0n) is 8.90. The lowest BCUT2D eigenvalue weighted by Crippen LogP contribution is -2.01. The van der Waals surface area contributed by atoms with Crippen LogP contribution < -0.4 is 10.5 Å². The molecule has 0 radical (unpaired) electrons. The zero-order valence-corrected chi connectivity index (χ0v) is 8.90. The number of aryl methyl sites for hydroxylation is 1. The normalized spacial score (nSPS) is 10.3. The Morgan fingerprint density at radius 1 is 1.38 bits per heavy atom. The molecule has 0 spiro atoms. The van der Waals surface area contributed by atoms with Crippen molar-refractivity contribution in [1.29, 1.82) is 0 Å². The number of nitrogens with zero attached hydrogens (tertiary/aromatic N) is 1. The van der Waals surface area contributed by atoms with Crippen LogP contribution in [0.3, 0.4) is 0 Å². The topological polar surface area (TPSA) is 68.1 Å². The molecule has 0 unspecified atom stereocenters. The molecule has 84 valence electrons. The lowest BCUT2D eigenvalue weighted by atomic mass is 10.2. The van der Waals surface area contributed by atoms with Crippen molar-refractivity contribution >= 4 is 0 Å². The van der Waals surface area contributed by atoms with Crippen LogP contribution in [0.2, 0.25) is 0 Å². The highest BCUT2D eigenvalue weighted by molar-refractivity contribution is 5.27. The molecule has 1 N–H and O–H groups in total. The Balaban J connectivity index is 1.96. The summed E-state index contributed by atoms with van der Waals surface area (Å²) >= 11 is 0. The van der Waals surface area contributed by atoms with Gasteiger partial charge in [0.15, 0.2) is 5.82 Å². The number of aromatic amines is 1. The van der Waals surface area contributed by atoms with Gasteiger partial charge in [-0.1, -0.05) is 24.2 Å². The number of aromatic nitrogens is 2. The fourth-order valence-electron chi connectivity index (χ4n) is 1.30. The molecule has 0 bridgehead atoms. The average molecular weight is 220 g/mol. The molecular weight excluding hydrogens is 208 g/mol. The van der Waals surface area contributed by atoms with E-state index in [0.717, 1.165) is 12.2 Å². The first kappa shape index (κ1) is 10.5. The molecule has 5 heteroatoms. The molecule has 1 aromatic carbocycles. The fraction of sp³-hybridized carbons (Fsp3) is 0.273. The van der Waals surface area contributed by atoms with Gasteiger partial charge in [0.05, 0.1) is 0 Å². The quantitative estimate of drug-likeness (QED) is 0.847. The second-order valence-corrected chi connectivity index (χ2v) is 3.33. The molecule has 2 rings (SSSR count). The zero-order chi connectivity index (χ0) is 11.4. The van der Waals surface area contributed by atoms with Crippen LogP contribution in [0.5, 0.6) is 5.75 Å². The number of rotatable bonds is 4. The second kappa shape index (κ2) is 4.65. The predicted octanol–water partition coefficient (Wildman–Crippen LogP) is 1.50. The van der Waals surface area contributed by atoms with Crippen molar-refractivity contribution in [3.05, 3.63) is 46.2 Å². The van der Waals surface area contributed by atoms with Gasteiger partial charge in [-0.05, 0) is 24.1 Å². The van der Waals surface area contributed by atoms with Crippen LogP contribution in [0.1, 0.15) is 18.3 Å². The second-order valence-electron chi connectivity index (χ2n) is 3.33. The molecule has 5 nitrogen and oxygen atoms in total. The summed E-state index contributed by atoms with van der Waals surface area (Å²) in [5.74, 6) is 0.547. The highest BCUT2D eigenvalue weighted by Gasteiger charge is 2.01. The van der Waals surface area contributed by atoms with Crippen LogP contribution in [0.4, 0.5) is 0 Å². The molecule has 16 heavy (non-hydrogen) atoms. The molecule has 0 saturated carbocycles. The van der Waals surface area contributed by atoms with Gasteiger partial charge in [-0.3, -0.25) is 9.51 Å². The lowest BCUT2D eigenvalue weighted by molar-refractivity contribution is 0.285. The number of H-pyrrole nitrogens is 1. The van der Waals surface area contributed by atoms with Crippen LogP contribution >= 0.6 is 0 Å². The van der Waals surface area contributed by atoms with Crippen molar-refractivity contribution < 1.29 is 9.26 Å². The van der Waals surface area contributed by atoms with Crippen molar-refractivity contribution in [1.82, 2.24) is 10.1 Å². The summed E-state index contributed by atoms with van der Waals surface area (Å²) in [7, 11) is 0. The van der Waals surface area contributed by atoms with E-state index in [1.807, 2.05) is 24.3 Å². The van der Waals surface area contributed by atoms with E-state index in [-0.39, 0.29) is 6.61 Å². The Morgan fingerprint density at radius 3 is 2.69 bits per heavy atom. The Labute approximate surface area is 92.0 Å². The summed E-state index contributed by atoms with van der Waals surface area (Å²) in [5.41, 5.74) is 1.25. The number of benzene rings is 1. The third-order valence-electron chi connectivity index (χ3n) is 2.19. The summed E-state index contributed by atoms with van der Waals surface area (Å²) in [6.45, 7) is 2.28. The molecule has 2 aromatic rings. The maximum atomic E-state index is 10.6.